The Bertz CT molecular complexity index is 546. The summed E-state index contributed by atoms with van der Waals surface area (Å²) in [5.41, 5.74) is 8.05. The zero-order chi connectivity index (χ0) is 14.5. The molecule has 0 aliphatic rings. The van der Waals surface area contributed by atoms with Crippen molar-refractivity contribution in [2.45, 2.75) is 66.2 Å². The van der Waals surface area contributed by atoms with E-state index in [1.165, 1.54) is 72.4 Å². The molecule has 2 aromatic rings. The van der Waals surface area contributed by atoms with Crippen LogP contribution in [0.1, 0.15) is 62.0 Å². The number of aryl methyl sites for hydroxylation is 4. The Balaban J connectivity index is 2.26. The Kier molecular flexibility index (Phi) is 5.11. The van der Waals surface area contributed by atoms with Crippen LogP contribution < -0.4 is 0 Å². The molecule has 0 radical (unpaired) electrons. The lowest BCUT2D eigenvalue weighted by atomic mass is 10.1. The molecule has 0 aromatic carbocycles. The van der Waals surface area contributed by atoms with Gasteiger partial charge in [0, 0.05) is 11.4 Å². The fourth-order valence-electron chi connectivity index (χ4n) is 2.81. The van der Waals surface area contributed by atoms with Gasteiger partial charge in [-0.1, -0.05) is 26.7 Å². The first-order valence-electron chi connectivity index (χ1n) is 8.03. The van der Waals surface area contributed by atoms with Crippen LogP contribution in [0.3, 0.4) is 0 Å². The Morgan fingerprint density at radius 3 is 2.15 bits per heavy atom. The minimum atomic E-state index is 1.17. The first kappa shape index (κ1) is 15.0. The number of hydrogen-bond donors (Lipinski definition) is 2. The van der Waals surface area contributed by atoms with Gasteiger partial charge in [-0.15, -0.1) is 0 Å². The molecule has 110 valence electrons. The number of aromatic nitrogens is 2. The van der Waals surface area contributed by atoms with Gasteiger partial charge in [0.25, 0.3) is 0 Å². The lowest BCUT2D eigenvalue weighted by molar-refractivity contribution is 0.791. The van der Waals surface area contributed by atoms with E-state index in [-0.39, 0.29) is 0 Å². The van der Waals surface area contributed by atoms with Crippen LogP contribution >= 0.6 is 0 Å². The molecule has 2 aromatic heterocycles. The van der Waals surface area contributed by atoms with Gasteiger partial charge >= 0.3 is 0 Å². The number of nitrogens with one attached hydrogen (secondary N) is 2. The number of hydrogen-bond acceptors (Lipinski definition) is 0. The fraction of sp³-hybridized carbons (Fsp3) is 0.556. The third kappa shape index (κ3) is 3.36. The first-order valence-corrected chi connectivity index (χ1v) is 8.03. The van der Waals surface area contributed by atoms with E-state index in [9.17, 15) is 0 Å². The Morgan fingerprint density at radius 2 is 1.50 bits per heavy atom. The number of rotatable bonds is 7. The van der Waals surface area contributed by atoms with Crippen molar-refractivity contribution in [2.24, 2.45) is 0 Å². The number of unbranched alkanes of at least 4 members (excludes halogenated alkanes) is 2. The molecule has 0 aliphatic carbocycles. The summed E-state index contributed by atoms with van der Waals surface area (Å²) in [5.74, 6) is 0. The number of aromatic amines is 2. The van der Waals surface area contributed by atoms with Gasteiger partial charge in [-0.3, -0.25) is 0 Å². The molecule has 0 aliphatic heterocycles. The molecule has 0 saturated heterocycles. The normalized spacial score (nSPS) is 11.2. The van der Waals surface area contributed by atoms with Crippen LogP contribution in [-0.4, -0.2) is 9.97 Å². The van der Waals surface area contributed by atoms with Gasteiger partial charge in [-0.25, -0.2) is 0 Å². The van der Waals surface area contributed by atoms with Gasteiger partial charge in [0.05, 0.1) is 11.4 Å². The summed E-state index contributed by atoms with van der Waals surface area (Å²) in [6.45, 7) is 8.84. The van der Waals surface area contributed by atoms with Crippen molar-refractivity contribution in [3.05, 3.63) is 34.6 Å². The molecule has 0 spiro atoms. The lowest BCUT2D eigenvalue weighted by Crippen LogP contribution is -1.87. The molecule has 2 heterocycles. The summed E-state index contributed by atoms with van der Waals surface area (Å²) in [5, 5.41) is 0. The van der Waals surface area contributed by atoms with Crippen LogP contribution in [-0.2, 0) is 12.8 Å². The molecule has 0 fully saturated rings. The SMILES string of the molecule is CCCCc1cc(-c2[nH]c(C)cc2CCCC)[nH]c1C. The van der Waals surface area contributed by atoms with Gasteiger partial charge in [0.2, 0.25) is 0 Å². The Labute approximate surface area is 123 Å². The molecule has 0 unspecified atom stereocenters. The maximum Gasteiger partial charge on any atom is 0.0654 e. The third-order valence-corrected chi connectivity index (χ3v) is 4.03. The smallest absolute Gasteiger partial charge is 0.0654 e. The molecule has 0 atom stereocenters. The van der Waals surface area contributed by atoms with Gasteiger partial charge in [0.1, 0.15) is 0 Å². The van der Waals surface area contributed by atoms with Crippen molar-refractivity contribution in [1.29, 1.82) is 0 Å². The Morgan fingerprint density at radius 1 is 0.850 bits per heavy atom. The molecular formula is C18H28N2. The summed E-state index contributed by atoms with van der Waals surface area (Å²) in [6.07, 6.45) is 7.37. The molecule has 20 heavy (non-hydrogen) atoms. The largest absolute Gasteiger partial charge is 0.357 e. The monoisotopic (exact) mass is 272 g/mol. The third-order valence-electron chi connectivity index (χ3n) is 4.03. The highest BCUT2D eigenvalue weighted by Gasteiger charge is 2.12. The van der Waals surface area contributed by atoms with Gasteiger partial charge in [0.15, 0.2) is 0 Å². The molecule has 0 amide bonds. The van der Waals surface area contributed by atoms with E-state index in [1.54, 1.807) is 0 Å². The minimum absolute atomic E-state index is 1.17. The van der Waals surface area contributed by atoms with Gasteiger partial charge in [-0.2, -0.15) is 0 Å². The summed E-state index contributed by atoms with van der Waals surface area (Å²) in [4.78, 5) is 7.10. The molecule has 2 N–H and O–H groups in total. The van der Waals surface area contributed by atoms with E-state index in [2.05, 4.69) is 49.8 Å². The maximum atomic E-state index is 3.57. The second kappa shape index (κ2) is 6.83. The Hall–Kier alpha value is -1.44. The highest BCUT2D eigenvalue weighted by atomic mass is 14.8. The predicted octanol–water partition coefficient (Wildman–Crippen LogP) is 5.31. The second-order valence-corrected chi connectivity index (χ2v) is 5.89. The summed E-state index contributed by atoms with van der Waals surface area (Å²) < 4.78 is 0. The van der Waals surface area contributed by atoms with E-state index in [0.717, 1.165) is 0 Å². The maximum absolute atomic E-state index is 3.57. The average Bonchev–Trinajstić information content (AvgIpc) is 2.97. The second-order valence-electron chi connectivity index (χ2n) is 5.89. The summed E-state index contributed by atoms with van der Waals surface area (Å²) in [7, 11) is 0. The van der Waals surface area contributed by atoms with Crippen molar-refractivity contribution < 1.29 is 0 Å². The highest BCUT2D eigenvalue weighted by molar-refractivity contribution is 5.62. The summed E-state index contributed by atoms with van der Waals surface area (Å²) in [6, 6.07) is 4.64. The summed E-state index contributed by atoms with van der Waals surface area (Å²) >= 11 is 0. The highest BCUT2D eigenvalue weighted by Crippen LogP contribution is 2.27. The quantitative estimate of drug-likeness (QED) is 0.684. The molecule has 2 rings (SSSR count). The van der Waals surface area contributed by atoms with Crippen LogP contribution in [0.2, 0.25) is 0 Å². The average molecular weight is 272 g/mol. The molecule has 0 saturated carbocycles. The fourth-order valence-corrected chi connectivity index (χ4v) is 2.81. The van der Waals surface area contributed by atoms with E-state index >= 15 is 0 Å². The van der Waals surface area contributed by atoms with Crippen molar-refractivity contribution in [3.63, 3.8) is 0 Å². The van der Waals surface area contributed by atoms with Gasteiger partial charge < -0.3 is 9.97 Å². The number of H-pyrrole nitrogens is 2. The lowest BCUT2D eigenvalue weighted by Gasteiger charge is -2.01. The van der Waals surface area contributed by atoms with Crippen molar-refractivity contribution in [2.75, 3.05) is 0 Å². The van der Waals surface area contributed by atoms with E-state index in [0.29, 0.717) is 0 Å². The first-order chi connectivity index (χ1) is 9.65. The van der Waals surface area contributed by atoms with Crippen LogP contribution in [0, 0.1) is 13.8 Å². The standard InChI is InChI=1S/C18H28N2/c1-5-7-9-15-12-17(20-14(15)4)18-16(10-8-6-2)11-13(3)19-18/h11-12,19-20H,5-10H2,1-4H3. The van der Waals surface area contributed by atoms with Crippen LogP contribution in [0.5, 0.6) is 0 Å². The van der Waals surface area contributed by atoms with Crippen LogP contribution in [0.4, 0.5) is 0 Å². The van der Waals surface area contributed by atoms with Crippen LogP contribution in [0.25, 0.3) is 11.4 Å². The van der Waals surface area contributed by atoms with Crippen LogP contribution in [0.15, 0.2) is 12.1 Å². The molecule has 2 heteroatoms. The van der Waals surface area contributed by atoms with E-state index < -0.39 is 0 Å². The van der Waals surface area contributed by atoms with Gasteiger partial charge in [-0.05, 0) is 62.8 Å². The topological polar surface area (TPSA) is 31.6 Å². The molecule has 2 nitrogen and oxygen atoms in total. The predicted molar refractivity (Wildman–Crippen MR) is 87.3 cm³/mol. The van der Waals surface area contributed by atoms with Crippen molar-refractivity contribution >= 4 is 0 Å². The van der Waals surface area contributed by atoms with E-state index in [1.807, 2.05) is 0 Å². The zero-order valence-electron chi connectivity index (χ0n) is 13.4. The van der Waals surface area contributed by atoms with E-state index in [4.69, 9.17) is 0 Å². The molecular weight excluding hydrogens is 244 g/mol. The molecule has 0 bridgehead atoms. The van der Waals surface area contributed by atoms with Crippen molar-refractivity contribution in [3.8, 4) is 11.4 Å². The van der Waals surface area contributed by atoms with Crippen molar-refractivity contribution in [1.82, 2.24) is 9.97 Å². The zero-order valence-corrected chi connectivity index (χ0v) is 13.4. The minimum Gasteiger partial charge on any atom is -0.357 e.